The van der Waals surface area contributed by atoms with Gasteiger partial charge < -0.3 is 14.8 Å². The number of halogens is 1. The molecule has 0 amide bonds. The van der Waals surface area contributed by atoms with Crippen LogP contribution in [0.2, 0.25) is 0 Å². The average molecular weight is 328 g/mol. The molecule has 1 aliphatic rings. The molecule has 0 unspecified atom stereocenters. The van der Waals surface area contributed by atoms with Crippen LogP contribution in [0.25, 0.3) is 0 Å². The van der Waals surface area contributed by atoms with E-state index in [2.05, 4.69) is 40.3 Å². The normalized spacial score (nSPS) is 13.6. The summed E-state index contributed by atoms with van der Waals surface area (Å²) in [5, 5.41) is 3.48. The van der Waals surface area contributed by atoms with Gasteiger partial charge in [-0.3, -0.25) is 0 Å². The molecule has 4 heteroatoms. The van der Waals surface area contributed by atoms with Gasteiger partial charge in [0.25, 0.3) is 0 Å². The van der Waals surface area contributed by atoms with Gasteiger partial charge >= 0.3 is 0 Å². The number of ether oxygens (including phenoxy) is 2. The van der Waals surface area contributed by atoms with Gasteiger partial charge in [-0.25, -0.2) is 0 Å². The highest BCUT2D eigenvalue weighted by atomic mass is 79.9. The second kappa shape index (κ2) is 7.75. The van der Waals surface area contributed by atoms with Gasteiger partial charge in [0.1, 0.15) is 13.2 Å². The summed E-state index contributed by atoms with van der Waals surface area (Å²) in [5.41, 5.74) is 1.23. The van der Waals surface area contributed by atoms with Crippen LogP contribution in [0, 0.1) is 0 Å². The van der Waals surface area contributed by atoms with Crippen molar-refractivity contribution >= 4 is 15.9 Å². The van der Waals surface area contributed by atoms with Gasteiger partial charge in [-0.2, -0.15) is 0 Å². The fourth-order valence-corrected chi connectivity index (χ4v) is 2.78. The quantitative estimate of drug-likeness (QED) is 0.770. The zero-order valence-electron chi connectivity index (χ0n) is 11.5. The molecule has 0 fully saturated rings. The minimum Gasteiger partial charge on any atom is -0.486 e. The molecule has 0 atom stereocenters. The fourth-order valence-electron chi connectivity index (χ4n) is 2.18. The van der Waals surface area contributed by atoms with E-state index in [1.807, 2.05) is 0 Å². The second-order valence-corrected chi connectivity index (χ2v) is 5.69. The number of benzene rings is 1. The maximum atomic E-state index is 5.62. The number of fused-ring (bicyclic) bond motifs is 1. The van der Waals surface area contributed by atoms with Crippen LogP contribution >= 0.6 is 15.9 Å². The van der Waals surface area contributed by atoms with Crippen molar-refractivity contribution < 1.29 is 9.47 Å². The van der Waals surface area contributed by atoms with E-state index in [0.29, 0.717) is 13.2 Å². The van der Waals surface area contributed by atoms with E-state index < -0.39 is 0 Å². The van der Waals surface area contributed by atoms with Gasteiger partial charge in [-0.1, -0.05) is 26.2 Å². The molecule has 106 valence electrons. The summed E-state index contributed by atoms with van der Waals surface area (Å²) < 4.78 is 12.2. The van der Waals surface area contributed by atoms with Crippen LogP contribution in [0.1, 0.15) is 38.2 Å². The zero-order valence-corrected chi connectivity index (χ0v) is 13.1. The molecule has 0 spiro atoms. The molecule has 3 nitrogen and oxygen atoms in total. The van der Waals surface area contributed by atoms with Crippen molar-refractivity contribution in [3.63, 3.8) is 0 Å². The van der Waals surface area contributed by atoms with E-state index in [1.165, 1.54) is 31.2 Å². The smallest absolute Gasteiger partial charge is 0.175 e. The van der Waals surface area contributed by atoms with E-state index in [-0.39, 0.29) is 0 Å². The SMILES string of the molecule is CCCCCCNCc1cc(Br)c2c(c1)OCCO2. The third-order valence-electron chi connectivity index (χ3n) is 3.19. The van der Waals surface area contributed by atoms with Crippen molar-refractivity contribution in [1.29, 1.82) is 0 Å². The van der Waals surface area contributed by atoms with Gasteiger partial charge in [0.05, 0.1) is 4.47 Å². The highest BCUT2D eigenvalue weighted by molar-refractivity contribution is 9.10. The Morgan fingerprint density at radius 1 is 1.16 bits per heavy atom. The van der Waals surface area contributed by atoms with Gasteiger partial charge in [0.15, 0.2) is 11.5 Å². The molecule has 1 heterocycles. The first kappa shape index (κ1) is 14.7. The number of rotatable bonds is 7. The molecule has 2 rings (SSSR count). The number of unbranched alkanes of at least 4 members (excludes halogenated alkanes) is 3. The van der Waals surface area contributed by atoms with Crippen molar-refractivity contribution in [2.75, 3.05) is 19.8 Å². The van der Waals surface area contributed by atoms with Crippen molar-refractivity contribution in [2.24, 2.45) is 0 Å². The molecule has 1 aromatic carbocycles. The highest BCUT2D eigenvalue weighted by Gasteiger charge is 2.15. The first-order valence-corrected chi connectivity index (χ1v) is 7.89. The Labute approximate surface area is 123 Å². The summed E-state index contributed by atoms with van der Waals surface area (Å²) in [6.07, 6.45) is 5.18. The van der Waals surface area contributed by atoms with E-state index in [1.54, 1.807) is 0 Å². The molecular weight excluding hydrogens is 306 g/mol. The average Bonchev–Trinajstić information content (AvgIpc) is 2.43. The molecule has 0 radical (unpaired) electrons. The Morgan fingerprint density at radius 2 is 2.00 bits per heavy atom. The number of hydrogen-bond acceptors (Lipinski definition) is 3. The van der Waals surface area contributed by atoms with Crippen molar-refractivity contribution in [3.05, 3.63) is 22.2 Å². The first-order valence-electron chi connectivity index (χ1n) is 7.10. The Hall–Kier alpha value is -0.740. The second-order valence-electron chi connectivity index (χ2n) is 4.84. The summed E-state index contributed by atoms with van der Waals surface area (Å²) in [5.74, 6) is 1.68. The van der Waals surface area contributed by atoms with Crippen LogP contribution in [-0.2, 0) is 6.54 Å². The zero-order chi connectivity index (χ0) is 13.5. The lowest BCUT2D eigenvalue weighted by molar-refractivity contribution is 0.170. The maximum absolute atomic E-state index is 5.62. The van der Waals surface area contributed by atoms with Gasteiger partial charge in [0.2, 0.25) is 0 Å². The molecule has 0 aromatic heterocycles. The van der Waals surface area contributed by atoms with Crippen LogP contribution in [-0.4, -0.2) is 19.8 Å². The summed E-state index contributed by atoms with van der Waals surface area (Å²) in [6.45, 7) is 5.45. The first-order chi connectivity index (χ1) is 9.31. The topological polar surface area (TPSA) is 30.5 Å². The van der Waals surface area contributed by atoms with Gasteiger partial charge in [0, 0.05) is 6.54 Å². The fraction of sp³-hybridized carbons (Fsp3) is 0.600. The van der Waals surface area contributed by atoms with Crippen LogP contribution in [0.4, 0.5) is 0 Å². The third kappa shape index (κ3) is 4.39. The number of hydrogen-bond donors (Lipinski definition) is 1. The molecule has 0 saturated carbocycles. The van der Waals surface area contributed by atoms with Crippen molar-refractivity contribution in [1.82, 2.24) is 5.32 Å². The maximum Gasteiger partial charge on any atom is 0.175 e. The predicted octanol–water partition coefficient (Wildman–Crippen LogP) is 3.89. The van der Waals surface area contributed by atoms with Crippen molar-refractivity contribution in [3.8, 4) is 11.5 Å². The molecule has 1 N–H and O–H groups in total. The van der Waals surface area contributed by atoms with Crippen LogP contribution in [0.5, 0.6) is 11.5 Å². The lowest BCUT2D eigenvalue weighted by Crippen LogP contribution is -2.18. The minimum absolute atomic E-state index is 0.626. The molecular formula is C15H22BrNO2. The standard InChI is InChI=1S/C15H22BrNO2/c1-2-3-4-5-6-17-11-12-9-13(16)15-14(10-12)18-7-8-19-15/h9-10,17H,2-8,11H2,1H3. The summed E-state index contributed by atoms with van der Waals surface area (Å²) in [4.78, 5) is 0. The molecule has 19 heavy (non-hydrogen) atoms. The van der Waals surface area contributed by atoms with E-state index in [4.69, 9.17) is 9.47 Å². The molecule has 1 aliphatic heterocycles. The van der Waals surface area contributed by atoms with E-state index in [0.717, 1.165) is 29.1 Å². The van der Waals surface area contributed by atoms with Crippen LogP contribution < -0.4 is 14.8 Å². The van der Waals surface area contributed by atoms with Gasteiger partial charge in [-0.05, 0) is 46.6 Å². The predicted molar refractivity (Wildman–Crippen MR) is 81.0 cm³/mol. The Morgan fingerprint density at radius 3 is 2.84 bits per heavy atom. The van der Waals surface area contributed by atoms with Crippen LogP contribution in [0.3, 0.4) is 0 Å². The lowest BCUT2D eigenvalue weighted by Gasteiger charge is -2.20. The lowest BCUT2D eigenvalue weighted by atomic mass is 10.1. The molecule has 0 aliphatic carbocycles. The van der Waals surface area contributed by atoms with E-state index in [9.17, 15) is 0 Å². The summed E-state index contributed by atoms with van der Waals surface area (Å²) in [7, 11) is 0. The Balaban J connectivity index is 1.82. The molecule has 0 bridgehead atoms. The summed E-state index contributed by atoms with van der Waals surface area (Å²) in [6, 6.07) is 4.17. The molecule has 1 aromatic rings. The monoisotopic (exact) mass is 327 g/mol. The largest absolute Gasteiger partial charge is 0.486 e. The third-order valence-corrected chi connectivity index (χ3v) is 3.78. The van der Waals surface area contributed by atoms with Gasteiger partial charge in [-0.15, -0.1) is 0 Å². The Kier molecular flexibility index (Phi) is 5.98. The minimum atomic E-state index is 0.626. The Bertz CT molecular complexity index is 409. The van der Waals surface area contributed by atoms with Crippen molar-refractivity contribution in [2.45, 2.75) is 39.2 Å². The molecule has 0 saturated heterocycles. The van der Waals surface area contributed by atoms with E-state index >= 15 is 0 Å². The highest BCUT2D eigenvalue weighted by Crippen LogP contribution is 2.38. The number of nitrogens with one attached hydrogen (secondary N) is 1. The van der Waals surface area contributed by atoms with Crippen LogP contribution in [0.15, 0.2) is 16.6 Å². The summed E-state index contributed by atoms with van der Waals surface area (Å²) >= 11 is 3.54.